The molecule has 0 saturated carbocycles. The highest BCUT2D eigenvalue weighted by atomic mass is 35.5. The van der Waals surface area contributed by atoms with Crippen LogP contribution in [0.25, 0.3) is 21.9 Å². The molecule has 51 heavy (non-hydrogen) atoms. The van der Waals surface area contributed by atoms with Gasteiger partial charge in [-0.1, -0.05) is 42.8 Å². The number of aromatic nitrogens is 3. The number of fused-ring (bicyclic) bond motifs is 5. The van der Waals surface area contributed by atoms with Gasteiger partial charge in [0, 0.05) is 75.2 Å². The van der Waals surface area contributed by atoms with Crippen LogP contribution in [0, 0.1) is 0 Å². The summed E-state index contributed by atoms with van der Waals surface area (Å²) >= 11 is 6.53. The number of para-hydroxylation sites is 1. The maximum absolute atomic E-state index is 14.3. The Bertz CT molecular complexity index is 2010. The van der Waals surface area contributed by atoms with E-state index in [0.29, 0.717) is 80.7 Å². The number of likely N-dealkylation sites (tertiary alicyclic amines) is 4. The Balaban J connectivity index is 0.956. The van der Waals surface area contributed by atoms with Crippen LogP contribution in [0.4, 0.5) is 10.5 Å². The van der Waals surface area contributed by atoms with Crippen LogP contribution in [-0.4, -0.2) is 117 Å². The molecule has 6 heterocycles. The number of aromatic amines is 1. The second-order valence-corrected chi connectivity index (χ2v) is 15.4. The predicted molar refractivity (Wildman–Crippen MR) is 200 cm³/mol. The summed E-state index contributed by atoms with van der Waals surface area (Å²) in [6.45, 7) is 6.56. The second-order valence-electron chi connectivity index (χ2n) is 15.0. The molecule has 8 rings (SSSR count). The number of likely N-dealkylation sites (N-methyl/N-ethyl adjacent to an activating group) is 1. The van der Waals surface area contributed by atoms with Crippen LogP contribution < -0.4 is 16.7 Å². The molecule has 4 saturated heterocycles. The average Bonchev–Trinajstić information content (AvgIpc) is 3.84. The van der Waals surface area contributed by atoms with Crippen LogP contribution >= 0.6 is 11.6 Å². The van der Waals surface area contributed by atoms with Crippen molar-refractivity contribution in [2.24, 2.45) is 0 Å². The van der Waals surface area contributed by atoms with E-state index in [9.17, 15) is 14.4 Å². The summed E-state index contributed by atoms with van der Waals surface area (Å²) < 4.78 is 1.79. The number of rotatable bonds is 7. The lowest BCUT2D eigenvalue weighted by Gasteiger charge is -2.42. The molecule has 4 fully saturated rings. The number of hydrogen-bond donors (Lipinski definition) is 3. The minimum atomic E-state index is -0.747. The Kier molecular flexibility index (Phi) is 9.18. The van der Waals surface area contributed by atoms with Crippen LogP contribution in [0.2, 0.25) is 5.02 Å². The average molecular weight is 714 g/mol. The number of piperidine rings is 2. The van der Waals surface area contributed by atoms with Gasteiger partial charge in [0.1, 0.15) is 6.04 Å². The number of halogens is 1. The van der Waals surface area contributed by atoms with Crippen LogP contribution in [0.5, 0.6) is 0 Å². The highest BCUT2D eigenvalue weighted by molar-refractivity contribution is 6.33. The number of benzene rings is 2. The van der Waals surface area contributed by atoms with Gasteiger partial charge >= 0.3 is 11.7 Å². The maximum atomic E-state index is 14.3. The number of amides is 3. The van der Waals surface area contributed by atoms with E-state index in [1.54, 1.807) is 15.7 Å². The Hall–Kier alpha value is -4.13. The molecule has 0 spiro atoms. The van der Waals surface area contributed by atoms with E-state index in [2.05, 4.69) is 32.1 Å². The van der Waals surface area contributed by atoms with Gasteiger partial charge in [0.2, 0.25) is 5.91 Å². The first-order valence-electron chi connectivity index (χ1n) is 18.5. The third-order valence-corrected chi connectivity index (χ3v) is 12.4. The first-order chi connectivity index (χ1) is 24.7. The van der Waals surface area contributed by atoms with Gasteiger partial charge in [-0.25, -0.2) is 9.59 Å². The number of pyridine rings is 1. The van der Waals surface area contributed by atoms with Gasteiger partial charge in [-0.2, -0.15) is 0 Å². The van der Waals surface area contributed by atoms with Crippen molar-refractivity contribution in [1.29, 1.82) is 0 Å². The molecule has 13 heteroatoms. The summed E-state index contributed by atoms with van der Waals surface area (Å²) in [5, 5.41) is 4.50. The minimum absolute atomic E-state index is 0.0598. The summed E-state index contributed by atoms with van der Waals surface area (Å²) in [4.78, 5) is 57.8. The van der Waals surface area contributed by atoms with Crippen LogP contribution in [0.15, 0.2) is 47.4 Å². The second kappa shape index (κ2) is 13.8. The number of nitrogens with zero attached hydrogens (tertiary/aromatic N) is 6. The third kappa shape index (κ3) is 6.35. The molecule has 4 aliphatic heterocycles. The molecule has 12 nitrogen and oxygen atoms in total. The molecule has 2 bridgehead atoms. The maximum Gasteiger partial charge on any atom is 0.326 e. The lowest BCUT2D eigenvalue weighted by molar-refractivity contribution is -0.135. The molecule has 4 N–H and O–H groups in total. The highest BCUT2D eigenvalue weighted by Gasteiger charge is 2.45. The van der Waals surface area contributed by atoms with Crippen LogP contribution in [-0.2, 0) is 17.6 Å². The molecular formula is C38H48ClN9O3. The molecule has 3 atom stereocenters. The number of nitrogen functional groups attached to an aromatic ring is 1. The Morgan fingerprint density at radius 1 is 1.00 bits per heavy atom. The number of hydrogen-bond acceptors (Lipinski definition) is 7. The van der Waals surface area contributed by atoms with E-state index in [1.165, 1.54) is 6.42 Å². The van der Waals surface area contributed by atoms with E-state index in [-0.39, 0.29) is 23.7 Å². The molecule has 4 aliphatic rings. The monoisotopic (exact) mass is 713 g/mol. The fourth-order valence-electron chi connectivity index (χ4n) is 9.22. The van der Waals surface area contributed by atoms with Crippen molar-refractivity contribution in [1.82, 2.24) is 39.5 Å². The van der Waals surface area contributed by atoms with E-state index in [1.807, 2.05) is 48.2 Å². The molecule has 2 aromatic heterocycles. The number of carbonyl (C=O) groups is 2. The zero-order chi connectivity index (χ0) is 35.4. The number of nitrogens with one attached hydrogen (secondary N) is 2. The summed E-state index contributed by atoms with van der Waals surface area (Å²) in [6, 6.07) is 12.3. The van der Waals surface area contributed by atoms with Gasteiger partial charge < -0.3 is 30.7 Å². The number of imidazole rings is 1. The zero-order valence-corrected chi connectivity index (χ0v) is 30.2. The summed E-state index contributed by atoms with van der Waals surface area (Å²) in [5.41, 5.74) is 10.8. The number of piperazine rings is 1. The van der Waals surface area contributed by atoms with Gasteiger partial charge in [-0.05, 0) is 68.8 Å². The molecule has 2 unspecified atom stereocenters. The van der Waals surface area contributed by atoms with E-state index in [4.69, 9.17) is 17.3 Å². The Labute approximate surface area is 302 Å². The van der Waals surface area contributed by atoms with Gasteiger partial charge in [-0.15, -0.1) is 0 Å². The van der Waals surface area contributed by atoms with Crippen molar-refractivity contribution in [2.45, 2.75) is 82.1 Å². The van der Waals surface area contributed by atoms with Gasteiger partial charge in [0.15, 0.2) is 0 Å². The number of anilines is 1. The third-order valence-electron chi connectivity index (χ3n) is 12.1. The van der Waals surface area contributed by atoms with Crippen LogP contribution in [0.1, 0.15) is 56.2 Å². The molecule has 0 radical (unpaired) electrons. The van der Waals surface area contributed by atoms with Crippen LogP contribution in [0.3, 0.4) is 0 Å². The quantitative estimate of drug-likeness (QED) is 0.247. The van der Waals surface area contributed by atoms with Crippen molar-refractivity contribution in [3.05, 3.63) is 69.2 Å². The van der Waals surface area contributed by atoms with E-state index in [0.717, 1.165) is 59.0 Å². The Morgan fingerprint density at radius 2 is 1.73 bits per heavy atom. The smallest absolute Gasteiger partial charge is 0.326 e. The highest BCUT2D eigenvalue weighted by Crippen LogP contribution is 2.34. The van der Waals surface area contributed by atoms with Gasteiger partial charge in [-0.3, -0.25) is 19.2 Å². The molecule has 4 aromatic rings. The van der Waals surface area contributed by atoms with Crippen molar-refractivity contribution >= 4 is 51.2 Å². The molecule has 270 valence electrons. The lowest BCUT2D eigenvalue weighted by Crippen LogP contribution is -2.57. The normalized spacial score (nSPS) is 22.7. The number of aryl methyl sites for hydroxylation is 1. The first kappa shape index (κ1) is 34.0. The standard InChI is InChI=1S/C38H48ClN9O3/c1-3-24-16-23(17-30(39)34(24)40)18-32(36(49)45-12-8-25(9-13-45)47-22-27-19-28(47)21-44(27)2)42-37(50)46-14-10-26(11-15-46)48-33-20-41-31-7-5-4-6-29(31)35(33)43-38(48)51/h4-7,16-17,20,25-28,32H,3,8-15,18-19,21-22,40H2,1-2H3,(H,42,50)(H,43,51)/t27?,28?,32-/m1/s1. The van der Waals surface area contributed by atoms with E-state index < -0.39 is 6.04 Å². The molecule has 0 aliphatic carbocycles. The van der Waals surface area contributed by atoms with E-state index >= 15 is 0 Å². The molecule has 3 amide bonds. The van der Waals surface area contributed by atoms with Gasteiger partial charge in [0.25, 0.3) is 0 Å². The summed E-state index contributed by atoms with van der Waals surface area (Å²) in [5.74, 6) is -0.0598. The zero-order valence-electron chi connectivity index (χ0n) is 29.5. The predicted octanol–water partition coefficient (Wildman–Crippen LogP) is 4.01. The summed E-state index contributed by atoms with van der Waals surface area (Å²) in [6.07, 6.45) is 7.15. The van der Waals surface area contributed by atoms with Crippen molar-refractivity contribution < 1.29 is 9.59 Å². The fraction of sp³-hybridized carbons (Fsp3) is 0.526. The van der Waals surface area contributed by atoms with Crippen molar-refractivity contribution in [3.8, 4) is 0 Å². The topological polar surface area (TPSA) is 136 Å². The molecule has 2 aromatic carbocycles. The van der Waals surface area contributed by atoms with Crippen molar-refractivity contribution in [3.63, 3.8) is 0 Å². The minimum Gasteiger partial charge on any atom is -0.397 e. The fourth-order valence-corrected chi connectivity index (χ4v) is 9.48. The number of urea groups is 1. The lowest BCUT2D eigenvalue weighted by atomic mass is 9.98. The number of H-pyrrole nitrogens is 1. The van der Waals surface area contributed by atoms with Crippen molar-refractivity contribution in [2.75, 3.05) is 52.0 Å². The SMILES string of the molecule is CCc1cc(C[C@@H](NC(=O)N2CCC(n3c(=O)[nH]c4c5ccccc5ncc43)CC2)C(=O)N2CCC(N3CC4CC3CN4C)CC2)cc(Cl)c1N. The van der Waals surface area contributed by atoms with Gasteiger partial charge in [0.05, 0.1) is 33.5 Å². The largest absolute Gasteiger partial charge is 0.397 e. The number of nitrogens with two attached hydrogens (primary N) is 1. The summed E-state index contributed by atoms with van der Waals surface area (Å²) in [7, 11) is 2.22. The first-order valence-corrected chi connectivity index (χ1v) is 18.9. The molecular weight excluding hydrogens is 666 g/mol. The Morgan fingerprint density at radius 3 is 2.43 bits per heavy atom. The number of carbonyl (C=O) groups excluding carboxylic acids is 2.